The SMILES string of the molecule is CS(=O)(=O)N1CC(=O)OC(=O)C1. The molecule has 0 bridgehead atoms. The Labute approximate surface area is 69.2 Å². The van der Waals surface area contributed by atoms with Crippen LogP contribution in [-0.4, -0.2) is 44.0 Å². The van der Waals surface area contributed by atoms with Crippen molar-refractivity contribution in [3.05, 3.63) is 0 Å². The molecule has 0 atom stereocenters. The van der Waals surface area contributed by atoms with Crippen molar-refractivity contribution >= 4 is 22.0 Å². The quantitative estimate of drug-likeness (QED) is 0.367. The number of rotatable bonds is 1. The zero-order valence-electron chi connectivity index (χ0n) is 6.31. The Kier molecular flexibility index (Phi) is 2.16. The van der Waals surface area contributed by atoms with Crippen molar-refractivity contribution in [3.8, 4) is 0 Å². The molecule has 0 radical (unpaired) electrons. The summed E-state index contributed by atoms with van der Waals surface area (Å²) >= 11 is 0. The fourth-order valence-electron chi connectivity index (χ4n) is 0.770. The number of nitrogens with zero attached hydrogens (tertiary/aromatic N) is 1. The number of ether oxygens (including phenoxy) is 1. The number of carbonyl (C=O) groups is 2. The van der Waals surface area contributed by atoms with Crippen LogP contribution in [0.3, 0.4) is 0 Å². The number of carbonyl (C=O) groups excluding carboxylic acids is 2. The van der Waals surface area contributed by atoms with E-state index in [4.69, 9.17) is 0 Å². The summed E-state index contributed by atoms with van der Waals surface area (Å²) in [5.41, 5.74) is 0. The van der Waals surface area contributed by atoms with Gasteiger partial charge in [-0.25, -0.2) is 8.42 Å². The molecular formula is C5H7NO5S. The molecule has 1 heterocycles. The van der Waals surface area contributed by atoms with Crippen LogP contribution in [0.5, 0.6) is 0 Å². The van der Waals surface area contributed by atoms with E-state index in [1.165, 1.54) is 0 Å². The van der Waals surface area contributed by atoms with Crippen LogP contribution < -0.4 is 0 Å². The number of cyclic esters (lactones) is 2. The summed E-state index contributed by atoms with van der Waals surface area (Å²) in [5.74, 6) is -1.67. The molecule has 0 aromatic heterocycles. The fourth-order valence-corrected chi connectivity index (χ4v) is 1.45. The molecule has 1 fully saturated rings. The van der Waals surface area contributed by atoms with Crippen molar-refractivity contribution in [1.82, 2.24) is 4.31 Å². The first kappa shape index (κ1) is 9.14. The van der Waals surface area contributed by atoms with Gasteiger partial charge in [-0.05, 0) is 0 Å². The normalized spacial score (nSPS) is 20.8. The van der Waals surface area contributed by atoms with E-state index in [9.17, 15) is 18.0 Å². The highest BCUT2D eigenvalue weighted by Gasteiger charge is 2.30. The lowest BCUT2D eigenvalue weighted by molar-refractivity contribution is -0.164. The maximum absolute atomic E-state index is 10.8. The van der Waals surface area contributed by atoms with Gasteiger partial charge in [0, 0.05) is 0 Å². The number of morpholine rings is 1. The molecule has 1 aliphatic rings. The van der Waals surface area contributed by atoms with E-state index in [0.29, 0.717) is 0 Å². The Morgan fingerprint density at radius 2 is 1.67 bits per heavy atom. The molecule has 0 aliphatic carbocycles. The third-order valence-electron chi connectivity index (χ3n) is 1.31. The Hall–Kier alpha value is -0.950. The lowest BCUT2D eigenvalue weighted by Crippen LogP contribution is -2.45. The van der Waals surface area contributed by atoms with Gasteiger partial charge >= 0.3 is 11.9 Å². The molecule has 68 valence electrons. The first-order valence-electron chi connectivity index (χ1n) is 3.08. The Bertz CT molecular complexity index is 303. The molecule has 6 nitrogen and oxygen atoms in total. The van der Waals surface area contributed by atoms with E-state index in [2.05, 4.69) is 4.74 Å². The lowest BCUT2D eigenvalue weighted by atomic mass is 10.5. The number of hydrogen-bond acceptors (Lipinski definition) is 5. The van der Waals surface area contributed by atoms with Crippen LogP contribution in [0, 0.1) is 0 Å². The summed E-state index contributed by atoms with van der Waals surface area (Å²) in [5, 5.41) is 0. The zero-order chi connectivity index (χ0) is 9.35. The van der Waals surface area contributed by atoms with Gasteiger partial charge in [0.1, 0.15) is 13.1 Å². The van der Waals surface area contributed by atoms with E-state index < -0.39 is 22.0 Å². The van der Waals surface area contributed by atoms with E-state index in [0.717, 1.165) is 10.6 Å². The van der Waals surface area contributed by atoms with Crippen LogP contribution in [0.15, 0.2) is 0 Å². The Balaban J connectivity index is 2.82. The van der Waals surface area contributed by atoms with Crippen LogP contribution in [0.1, 0.15) is 0 Å². The summed E-state index contributed by atoms with van der Waals surface area (Å²) in [6.45, 7) is -0.769. The average Bonchev–Trinajstić information content (AvgIpc) is 1.82. The Morgan fingerprint density at radius 1 is 1.25 bits per heavy atom. The number of esters is 2. The molecule has 0 saturated carbocycles. The third kappa shape index (κ3) is 2.02. The van der Waals surface area contributed by atoms with Crippen LogP contribution in [0.4, 0.5) is 0 Å². The van der Waals surface area contributed by atoms with Crippen LogP contribution >= 0.6 is 0 Å². The van der Waals surface area contributed by atoms with Gasteiger partial charge in [-0.3, -0.25) is 9.59 Å². The van der Waals surface area contributed by atoms with Crippen molar-refractivity contribution in [2.75, 3.05) is 19.3 Å². The predicted octanol–water partition coefficient (Wildman–Crippen LogP) is -1.67. The van der Waals surface area contributed by atoms with Gasteiger partial charge in [-0.2, -0.15) is 4.31 Å². The van der Waals surface area contributed by atoms with E-state index in [-0.39, 0.29) is 13.1 Å². The molecular weight excluding hydrogens is 186 g/mol. The molecule has 1 saturated heterocycles. The largest absolute Gasteiger partial charge is 0.391 e. The Morgan fingerprint density at radius 3 is 2.00 bits per heavy atom. The second-order valence-corrected chi connectivity index (χ2v) is 4.36. The van der Waals surface area contributed by atoms with Gasteiger partial charge in [-0.1, -0.05) is 0 Å². The van der Waals surface area contributed by atoms with Crippen molar-refractivity contribution < 1.29 is 22.7 Å². The average molecular weight is 193 g/mol. The highest BCUT2D eigenvalue weighted by Crippen LogP contribution is 2.04. The zero-order valence-corrected chi connectivity index (χ0v) is 7.13. The molecule has 0 N–H and O–H groups in total. The van der Waals surface area contributed by atoms with Crippen LogP contribution in [0.25, 0.3) is 0 Å². The minimum Gasteiger partial charge on any atom is -0.391 e. The summed E-state index contributed by atoms with van der Waals surface area (Å²) < 4.78 is 26.6. The standard InChI is InChI=1S/C5H7NO5S/c1-12(9,10)6-2-4(7)11-5(8)3-6/h2-3H2,1H3. The summed E-state index contributed by atoms with van der Waals surface area (Å²) in [4.78, 5) is 21.2. The minimum atomic E-state index is -3.48. The smallest absolute Gasteiger partial charge is 0.328 e. The van der Waals surface area contributed by atoms with Crippen molar-refractivity contribution in [2.24, 2.45) is 0 Å². The van der Waals surface area contributed by atoms with Crippen LogP contribution in [0.2, 0.25) is 0 Å². The predicted molar refractivity (Wildman–Crippen MR) is 37.5 cm³/mol. The van der Waals surface area contributed by atoms with Crippen LogP contribution in [-0.2, 0) is 24.3 Å². The summed E-state index contributed by atoms with van der Waals surface area (Å²) in [6, 6.07) is 0. The van der Waals surface area contributed by atoms with Gasteiger partial charge in [0.15, 0.2) is 0 Å². The molecule has 0 aromatic carbocycles. The molecule has 0 amide bonds. The maximum Gasteiger partial charge on any atom is 0.328 e. The van der Waals surface area contributed by atoms with Gasteiger partial charge in [0.25, 0.3) is 0 Å². The third-order valence-corrected chi connectivity index (χ3v) is 2.50. The minimum absolute atomic E-state index is 0.384. The first-order chi connectivity index (χ1) is 5.39. The topological polar surface area (TPSA) is 80.8 Å². The molecule has 0 unspecified atom stereocenters. The fraction of sp³-hybridized carbons (Fsp3) is 0.600. The van der Waals surface area contributed by atoms with Crippen molar-refractivity contribution in [1.29, 1.82) is 0 Å². The second kappa shape index (κ2) is 2.83. The van der Waals surface area contributed by atoms with E-state index in [1.54, 1.807) is 0 Å². The van der Waals surface area contributed by atoms with Gasteiger partial charge < -0.3 is 4.74 Å². The summed E-state index contributed by atoms with van der Waals surface area (Å²) in [7, 11) is -3.48. The van der Waals surface area contributed by atoms with Gasteiger partial charge in [0.2, 0.25) is 10.0 Å². The number of sulfonamides is 1. The molecule has 1 rings (SSSR count). The van der Waals surface area contributed by atoms with Crippen molar-refractivity contribution in [2.45, 2.75) is 0 Å². The maximum atomic E-state index is 10.8. The highest BCUT2D eigenvalue weighted by molar-refractivity contribution is 7.88. The monoisotopic (exact) mass is 193 g/mol. The molecule has 7 heteroatoms. The first-order valence-corrected chi connectivity index (χ1v) is 4.93. The molecule has 0 aromatic rings. The van der Waals surface area contributed by atoms with Crippen molar-refractivity contribution in [3.63, 3.8) is 0 Å². The summed E-state index contributed by atoms with van der Waals surface area (Å²) in [6.07, 6.45) is 0.929. The molecule has 12 heavy (non-hydrogen) atoms. The number of hydrogen-bond donors (Lipinski definition) is 0. The van der Waals surface area contributed by atoms with E-state index >= 15 is 0 Å². The highest BCUT2D eigenvalue weighted by atomic mass is 32.2. The van der Waals surface area contributed by atoms with Gasteiger partial charge in [-0.15, -0.1) is 0 Å². The second-order valence-electron chi connectivity index (χ2n) is 2.38. The van der Waals surface area contributed by atoms with E-state index in [1.807, 2.05) is 0 Å². The van der Waals surface area contributed by atoms with Gasteiger partial charge in [0.05, 0.1) is 6.26 Å². The molecule has 1 aliphatic heterocycles. The lowest BCUT2D eigenvalue weighted by Gasteiger charge is -2.21. The molecule has 0 spiro atoms.